The Labute approximate surface area is 181 Å². The van der Waals surface area contributed by atoms with Crippen molar-refractivity contribution in [3.63, 3.8) is 0 Å². The normalized spacial score (nSPS) is 31.5. The number of aromatic amines is 1. The van der Waals surface area contributed by atoms with Crippen molar-refractivity contribution in [3.8, 4) is 0 Å². The number of anilines is 1. The van der Waals surface area contributed by atoms with Crippen molar-refractivity contribution in [2.45, 2.75) is 51.2 Å². The number of rotatable bonds is 6. The Hall–Kier alpha value is -2.65. The van der Waals surface area contributed by atoms with Crippen molar-refractivity contribution >= 4 is 28.5 Å². The number of aliphatic hydroxyl groups is 1. The second-order valence-corrected chi connectivity index (χ2v) is 9.05. The van der Waals surface area contributed by atoms with Crippen molar-refractivity contribution in [3.05, 3.63) is 24.0 Å². The Kier molecular flexibility index (Phi) is 5.65. The van der Waals surface area contributed by atoms with Crippen LogP contribution >= 0.6 is 0 Å². The van der Waals surface area contributed by atoms with E-state index in [0.717, 1.165) is 37.5 Å². The van der Waals surface area contributed by atoms with Crippen LogP contribution in [0.3, 0.4) is 0 Å². The van der Waals surface area contributed by atoms with Gasteiger partial charge in [0, 0.05) is 30.9 Å². The van der Waals surface area contributed by atoms with Gasteiger partial charge in [0.05, 0.1) is 11.3 Å². The summed E-state index contributed by atoms with van der Waals surface area (Å²) in [7, 11) is 1.48. The van der Waals surface area contributed by atoms with Gasteiger partial charge in [0.25, 0.3) is 0 Å². The molecule has 168 valence electrons. The van der Waals surface area contributed by atoms with Crippen molar-refractivity contribution in [2.75, 3.05) is 19.0 Å². The average molecular weight is 430 g/mol. The molecule has 9 nitrogen and oxygen atoms in total. The van der Waals surface area contributed by atoms with E-state index in [1.54, 1.807) is 6.20 Å². The minimum atomic E-state index is -0.630. The summed E-state index contributed by atoms with van der Waals surface area (Å²) in [6, 6.07) is 2.10. The summed E-state index contributed by atoms with van der Waals surface area (Å²) in [5.41, 5.74) is 6.84. The van der Waals surface area contributed by atoms with Crippen LogP contribution in [0.5, 0.6) is 0 Å². The highest BCUT2D eigenvalue weighted by Gasteiger charge is 2.54. The number of aromatic nitrogens is 2. The summed E-state index contributed by atoms with van der Waals surface area (Å²) in [4.78, 5) is 25.3. The monoisotopic (exact) mass is 429 g/mol. The Morgan fingerprint density at radius 2 is 2.13 bits per heavy atom. The van der Waals surface area contributed by atoms with Gasteiger partial charge in [0.2, 0.25) is 0 Å². The molecule has 9 heteroatoms. The molecule has 2 heterocycles. The summed E-state index contributed by atoms with van der Waals surface area (Å²) in [6.07, 6.45) is 8.10. The van der Waals surface area contributed by atoms with Crippen LogP contribution in [0.2, 0.25) is 0 Å². The van der Waals surface area contributed by atoms with E-state index in [2.05, 4.69) is 20.4 Å². The van der Waals surface area contributed by atoms with Crippen LogP contribution in [-0.4, -0.2) is 52.2 Å². The number of hydrogen-bond donors (Lipinski definition) is 4. The summed E-state index contributed by atoms with van der Waals surface area (Å²) in [5.74, 6) is 0.836. The lowest BCUT2D eigenvalue weighted by atomic mass is 9.52. The average Bonchev–Trinajstić information content (AvgIpc) is 3.17. The molecule has 2 aromatic heterocycles. The Morgan fingerprint density at radius 1 is 1.39 bits per heavy atom. The maximum atomic E-state index is 12.8. The van der Waals surface area contributed by atoms with Gasteiger partial charge in [-0.2, -0.15) is 0 Å². The highest BCUT2D eigenvalue weighted by atomic mass is 16.7. The predicted molar refractivity (Wildman–Crippen MR) is 118 cm³/mol. The summed E-state index contributed by atoms with van der Waals surface area (Å²) >= 11 is 0. The maximum Gasteiger partial charge on any atom is 0.369 e. The first-order valence-corrected chi connectivity index (χ1v) is 10.4. The van der Waals surface area contributed by atoms with E-state index in [1.165, 1.54) is 13.3 Å². The number of nitrogens with one attached hydrogen (secondary N) is 2. The van der Waals surface area contributed by atoms with Crippen molar-refractivity contribution in [2.24, 2.45) is 28.6 Å². The van der Waals surface area contributed by atoms with Gasteiger partial charge >= 0.3 is 5.97 Å². The van der Waals surface area contributed by atoms with Gasteiger partial charge in [-0.1, -0.05) is 12.6 Å². The number of methoxy groups -OCH3 is 1. The van der Waals surface area contributed by atoms with E-state index >= 15 is 0 Å². The molecule has 2 aromatic rings. The predicted octanol–water partition coefficient (Wildman–Crippen LogP) is 2.63. The third kappa shape index (κ3) is 3.87. The number of oxime groups is 1. The summed E-state index contributed by atoms with van der Waals surface area (Å²) < 4.78 is 4.88. The smallest absolute Gasteiger partial charge is 0.369 e. The van der Waals surface area contributed by atoms with Gasteiger partial charge in [-0.25, -0.2) is 9.78 Å². The van der Waals surface area contributed by atoms with Crippen LogP contribution in [0.15, 0.2) is 23.6 Å². The van der Waals surface area contributed by atoms with E-state index in [4.69, 9.17) is 15.3 Å². The highest BCUT2D eigenvalue weighted by molar-refractivity contribution is 6.04. The largest absolute Gasteiger partial charge is 0.390 e. The number of nitrogens with zero attached hydrogens (tertiary/aromatic N) is 2. The van der Waals surface area contributed by atoms with Crippen molar-refractivity contribution in [1.82, 2.24) is 9.97 Å². The summed E-state index contributed by atoms with van der Waals surface area (Å²) in [5, 5.41) is 19.0. The minimum Gasteiger partial charge on any atom is -0.390 e. The van der Waals surface area contributed by atoms with Crippen LogP contribution in [-0.2, 0) is 9.57 Å². The number of hydrogen-bond acceptors (Lipinski definition) is 7. The Balaban J connectivity index is 0.00000231. The van der Waals surface area contributed by atoms with Crippen LogP contribution in [0.4, 0.5) is 5.69 Å². The van der Waals surface area contributed by atoms with Crippen LogP contribution in [0, 0.1) is 17.8 Å². The molecule has 4 aliphatic carbocycles. The molecule has 4 aliphatic rings. The van der Waals surface area contributed by atoms with E-state index in [9.17, 15) is 9.90 Å². The molecule has 0 aliphatic heterocycles. The second kappa shape index (κ2) is 8.12. The standard InChI is InChI=1S/C21H27N5O4.CH4/c1-29-10-16(22)26-30-20(27)15-9-24-19-14(2-3-23-19)18(15)25-17-12-4-11-5-13(17)8-21(28,6-11)7-12;/h2-3,9,11-13,17,28H,4-8,10H2,1H3,(H2,22,26)(H2,23,24,25);1H4/t11?,12-,13+,17?,21?;. The Bertz CT molecular complexity index is 987. The van der Waals surface area contributed by atoms with Crippen LogP contribution < -0.4 is 11.1 Å². The zero-order valence-electron chi connectivity index (χ0n) is 16.9. The number of carbonyl (C=O) groups excluding carboxylic acids is 1. The lowest BCUT2D eigenvalue weighted by Gasteiger charge is -2.58. The fraction of sp³-hybridized carbons (Fsp3) is 0.591. The third-order valence-electron chi connectivity index (χ3n) is 6.90. The number of fused-ring (bicyclic) bond motifs is 1. The zero-order valence-corrected chi connectivity index (χ0v) is 16.9. The molecule has 0 spiro atoms. The first-order valence-electron chi connectivity index (χ1n) is 10.4. The molecule has 3 unspecified atom stereocenters. The first kappa shape index (κ1) is 21.6. The van der Waals surface area contributed by atoms with Gasteiger partial charge in [0.15, 0.2) is 5.84 Å². The quantitative estimate of drug-likeness (QED) is 0.240. The highest BCUT2D eigenvalue weighted by Crippen LogP contribution is 2.56. The molecule has 0 amide bonds. The topological polar surface area (TPSA) is 135 Å². The molecule has 6 rings (SSSR count). The molecule has 5 atom stereocenters. The maximum absolute atomic E-state index is 12.8. The van der Waals surface area contributed by atoms with Crippen molar-refractivity contribution in [1.29, 1.82) is 0 Å². The first-order chi connectivity index (χ1) is 14.5. The van der Waals surface area contributed by atoms with Crippen molar-refractivity contribution < 1.29 is 19.5 Å². The van der Waals surface area contributed by atoms with Crippen LogP contribution in [0.25, 0.3) is 11.0 Å². The SMILES string of the molecule is C.COCC(N)=NOC(=O)c1cnc2[nH]ccc2c1NC1[C@@H]2CC3C[C@H]1CC(O)(C3)C2. The Morgan fingerprint density at radius 3 is 2.81 bits per heavy atom. The molecular formula is C22H31N5O4. The van der Waals surface area contributed by atoms with Gasteiger partial charge in [-0.05, 0) is 55.9 Å². The molecule has 4 fully saturated rings. The summed E-state index contributed by atoms with van der Waals surface area (Å²) in [6.45, 7) is 0.0724. The van der Waals surface area contributed by atoms with E-state index in [0.29, 0.717) is 34.7 Å². The lowest BCUT2D eigenvalue weighted by Crippen LogP contribution is -2.59. The molecule has 5 N–H and O–H groups in total. The van der Waals surface area contributed by atoms with E-state index in [1.807, 2.05) is 6.07 Å². The second-order valence-electron chi connectivity index (χ2n) is 9.05. The fourth-order valence-electron chi connectivity index (χ4n) is 6.03. The van der Waals surface area contributed by atoms with E-state index in [-0.39, 0.29) is 25.9 Å². The molecule has 0 radical (unpaired) electrons. The molecule has 4 bridgehead atoms. The number of carbonyl (C=O) groups is 1. The fourth-order valence-corrected chi connectivity index (χ4v) is 6.03. The number of pyridine rings is 1. The third-order valence-corrected chi connectivity index (χ3v) is 6.90. The molecule has 0 saturated heterocycles. The molecular weight excluding hydrogens is 398 g/mol. The minimum absolute atomic E-state index is 0. The zero-order chi connectivity index (χ0) is 20.9. The lowest BCUT2D eigenvalue weighted by molar-refractivity contribution is -0.129. The van der Waals surface area contributed by atoms with Gasteiger partial charge < -0.3 is 30.7 Å². The number of H-pyrrole nitrogens is 1. The molecule has 4 saturated carbocycles. The molecule has 31 heavy (non-hydrogen) atoms. The van der Waals surface area contributed by atoms with Gasteiger partial charge in [0.1, 0.15) is 17.8 Å². The number of ether oxygens (including phenoxy) is 1. The molecule has 0 aromatic carbocycles. The van der Waals surface area contributed by atoms with Gasteiger partial charge in [-0.3, -0.25) is 0 Å². The van der Waals surface area contributed by atoms with Crippen LogP contribution in [0.1, 0.15) is 49.9 Å². The van der Waals surface area contributed by atoms with E-state index < -0.39 is 11.6 Å². The number of amidine groups is 1. The number of nitrogens with two attached hydrogens (primary N) is 1. The van der Waals surface area contributed by atoms with Gasteiger partial charge in [-0.15, -0.1) is 0 Å².